The van der Waals surface area contributed by atoms with Gasteiger partial charge in [-0.05, 0) is 70.6 Å². The molecule has 2 aliphatic rings. The van der Waals surface area contributed by atoms with Gasteiger partial charge in [0.05, 0.1) is 11.6 Å². The molecule has 0 radical (unpaired) electrons. The van der Waals surface area contributed by atoms with Crippen LogP contribution < -0.4 is 10.6 Å². The summed E-state index contributed by atoms with van der Waals surface area (Å²) in [5, 5.41) is 15.8. The van der Waals surface area contributed by atoms with Gasteiger partial charge in [-0.2, -0.15) is 5.26 Å². The molecule has 1 saturated carbocycles. The highest BCUT2D eigenvalue weighted by Gasteiger charge is 2.45. The SMILES string of the molecule is CC1(C)CC(NC(=O)C2CC2c2ccc(C#N)cc2)CC(C)(C)N1. The topological polar surface area (TPSA) is 64.9 Å². The van der Waals surface area contributed by atoms with Crippen molar-refractivity contribution in [1.29, 1.82) is 5.26 Å². The van der Waals surface area contributed by atoms with E-state index in [1.54, 1.807) is 0 Å². The van der Waals surface area contributed by atoms with Crippen molar-refractivity contribution in [1.82, 2.24) is 10.6 Å². The van der Waals surface area contributed by atoms with E-state index in [0.29, 0.717) is 11.5 Å². The van der Waals surface area contributed by atoms with E-state index in [2.05, 4.69) is 44.4 Å². The van der Waals surface area contributed by atoms with Gasteiger partial charge in [0.25, 0.3) is 0 Å². The number of carbonyl (C=O) groups excluding carboxylic acids is 1. The van der Waals surface area contributed by atoms with Crippen molar-refractivity contribution in [2.45, 2.75) is 70.0 Å². The summed E-state index contributed by atoms with van der Waals surface area (Å²) in [6, 6.07) is 9.99. The minimum absolute atomic E-state index is 0.0375. The zero-order chi connectivity index (χ0) is 17.5. The molecule has 1 heterocycles. The predicted molar refractivity (Wildman–Crippen MR) is 94.5 cm³/mol. The minimum atomic E-state index is 0.0375. The van der Waals surface area contributed by atoms with Gasteiger partial charge in [-0.15, -0.1) is 0 Å². The third-order valence-electron chi connectivity index (χ3n) is 5.13. The second-order valence-corrected chi connectivity index (χ2v) is 8.69. The lowest BCUT2D eigenvalue weighted by Crippen LogP contribution is -2.62. The molecule has 2 N–H and O–H groups in total. The summed E-state index contributed by atoms with van der Waals surface area (Å²) in [6.07, 6.45) is 2.82. The number of amides is 1. The lowest BCUT2D eigenvalue weighted by Gasteiger charge is -2.46. The zero-order valence-corrected chi connectivity index (χ0v) is 15.0. The maximum Gasteiger partial charge on any atom is 0.223 e. The monoisotopic (exact) mass is 325 g/mol. The van der Waals surface area contributed by atoms with Crippen molar-refractivity contribution in [3.05, 3.63) is 35.4 Å². The van der Waals surface area contributed by atoms with Gasteiger partial charge in [0, 0.05) is 23.0 Å². The Bertz CT molecular complexity index is 653. The van der Waals surface area contributed by atoms with Crippen molar-refractivity contribution in [3.63, 3.8) is 0 Å². The first-order chi connectivity index (χ1) is 11.2. The van der Waals surface area contributed by atoms with Gasteiger partial charge < -0.3 is 10.6 Å². The van der Waals surface area contributed by atoms with Gasteiger partial charge >= 0.3 is 0 Å². The highest BCUT2D eigenvalue weighted by atomic mass is 16.2. The normalized spacial score (nSPS) is 28.0. The van der Waals surface area contributed by atoms with Crippen LogP contribution in [0.15, 0.2) is 24.3 Å². The number of nitriles is 1. The van der Waals surface area contributed by atoms with E-state index in [1.807, 2.05) is 24.3 Å². The number of rotatable bonds is 3. The molecule has 4 heteroatoms. The lowest BCUT2D eigenvalue weighted by molar-refractivity contribution is -0.123. The van der Waals surface area contributed by atoms with E-state index < -0.39 is 0 Å². The van der Waals surface area contributed by atoms with Crippen LogP contribution in [0, 0.1) is 17.2 Å². The van der Waals surface area contributed by atoms with Crippen molar-refractivity contribution in [2.75, 3.05) is 0 Å². The van der Waals surface area contributed by atoms with Crippen LogP contribution in [0.4, 0.5) is 0 Å². The molecule has 1 aromatic rings. The first kappa shape index (κ1) is 17.0. The summed E-state index contributed by atoms with van der Waals surface area (Å²) in [6.45, 7) is 8.79. The Morgan fingerprint density at radius 2 is 1.75 bits per heavy atom. The molecule has 0 bridgehead atoms. The van der Waals surface area contributed by atoms with Crippen LogP contribution in [-0.4, -0.2) is 23.0 Å². The van der Waals surface area contributed by atoms with E-state index >= 15 is 0 Å². The average Bonchev–Trinajstić information content (AvgIpc) is 3.24. The van der Waals surface area contributed by atoms with Gasteiger partial charge in [0.15, 0.2) is 0 Å². The van der Waals surface area contributed by atoms with Gasteiger partial charge in [0.2, 0.25) is 5.91 Å². The van der Waals surface area contributed by atoms with Crippen LogP contribution in [0.2, 0.25) is 0 Å². The second-order valence-electron chi connectivity index (χ2n) is 8.69. The summed E-state index contributed by atoms with van der Waals surface area (Å²) >= 11 is 0. The smallest absolute Gasteiger partial charge is 0.223 e. The third-order valence-corrected chi connectivity index (χ3v) is 5.13. The maximum atomic E-state index is 12.6. The molecular formula is C20H27N3O. The first-order valence-electron chi connectivity index (χ1n) is 8.79. The molecular weight excluding hydrogens is 298 g/mol. The Morgan fingerprint density at radius 3 is 2.29 bits per heavy atom. The Balaban J connectivity index is 1.59. The molecule has 1 aromatic carbocycles. The quantitative estimate of drug-likeness (QED) is 0.897. The molecule has 4 nitrogen and oxygen atoms in total. The minimum Gasteiger partial charge on any atom is -0.353 e. The van der Waals surface area contributed by atoms with E-state index in [1.165, 1.54) is 5.56 Å². The molecule has 24 heavy (non-hydrogen) atoms. The fourth-order valence-corrected chi connectivity index (χ4v) is 4.39. The Labute approximate surface area is 144 Å². The largest absolute Gasteiger partial charge is 0.353 e. The molecule has 2 fully saturated rings. The number of hydrogen-bond donors (Lipinski definition) is 2. The summed E-state index contributed by atoms with van der Waals surface area (Å²) in [4.78, 5) is 12.6. The van der Waals surface area contributed by atoms with E-state index in [-0.39, 0.29) is 28.9 Å². The first-order valence-corrected chi connectivity index (χ1v) is 8.79. The standard InChI is InChI=1S/C20H27N3O/c1-19(2)10-15(11-20(3,4)23-19)22-18(24)17-9-16(17)14-7-5-13(12-21)6-8-14/h5-8,15-17,23H,9-11H2,1-4H3,(H,22,24). The lowest BCUT2D eigenvalue weighted by atomic mass is 9.79. The van der Waals surface area contributed by atoms with Gasteiger partial charge in [-0.3, -0.25) is 4.79 Å². The van der Waals surface area contributed by atoms with Gasteiger partial charge in [0.1, 0.15) is 0 Å². The fourth-order valence-electron chi connectivity index (χ4n) is 4.39. The Hall–Kier alpha value is -1.86. The molecule has 2 unspecified atom stereocenters. The molecule has 0 spiro atoms. The number of piperidine rings is 1. The van der Waals surface area contributed by atoms with Crippen LogP contribution in [0.3, 0.4) is 0 Å². The molecule has 3 rings (SSSR count). The number of carbonyl (C=O) groups is 1. The van der Waals surface area contributed by atoms with Crippen molar-refractivity contribution < 1.29 is 4.79 Å². The predicted octanol–water partition coefficient (Wildman–Crippen LogP) is 3.09. The van der Waals surface area contributed by atoms with Gasteiger partial charge in [-0.1, -0.05) is 12.1 Å². The highest BCUT2D eigenvalue weighted by molar-refractivity contribution is 5.83. The molecule has 1 amide bonds. The van der Waals surface area contributed by atoms with Crippen LogP contribution in [0.5, 0.6) is 0 Å². The number of nitrogens with one attached hydrogen (secondary N) is 2. The third kappa shape index (κ3) is 3.79. The van der Waals surface area contributed by atoms with Gasteiger partial charge in [-0.25, -0.2) is 0 Å². The van der Waals surface area contributed by atoms with Crippen LogP contribution in [0.1, 0.15) is 64.0 Å². The van der Waals surface area contributed by atoms with E-state index in [9.17, 15) is 4.79 Å². The van der Waals surface area contributed by atoms with Crippen LogP contribution >= 0.6 is 0 Å². The van der Waals surface area contributed by atoms with Crippen LogP contribution in [-0.2, 0) is 4.79 Å². The number of hydrogen-bond acceptors (Lipinski definition) is 3. The molecule has 128 valence electrons. The summed E-state index contributed by atoms with van der Waals surface area (Å²) in [7, 11) is 0. The Morgan fingerprint density at radius 1 is 1.17 bits per heavy atom. The average molecular weight is 325 g/mol. The summed E-state index contributed by atoms with van der Waals surface area (Å²) in [5.74, 6) is 0.572. The molecule has 0 aromatic heterocycles. The Kier molecular flexibility index (Phi) is 4.17. The van der Waals surface area contributed by atoms with Crippen molar-refractivity contribution in [2.24, 2.45) is 5.92 Å². The molecule has 1 aliphatic carbocycles. The fraction of sp³-hybridized carbons (Fsp3) is 0.600. The van der Waals surface area contributed by atoms with E-state index in [4.69, 9.17) is 5.26 Å². The molecule has 1 aliphatic heterocycles. The number of nitrogens with zero attached hydrogens (tertiary/aromatic N) is 1. The van der Waals surface area contributed by atoms with E-state index in [0.717, 1.165) is 19.3 Å². The molecule has 1 saturated heterocycles. The van der Waals surface area contributed by atoms with Crippen LogP contribution in [0.25, 0.3) is 0 Å². The number of benzene rings is 1. The summed E-state index contributed by atoms with van der Waals surface area (Å²) in [5.41, 5.74) is 1.91. The van der Waals surface area contributed by atoms with Crippen molar-refractivity contribution >= 4 is 5.91 Å². The maximum absolute atomic E-state index is 12.6. The second kappa shape index (κ2) is 5.89. The summed E-state index contributed by atoms with van der Waals surface area (Å²) < 4.78 is 0. The zero-order valence-electron chi connectivity index (χ0n) is 15.0. The molecule has 2 atom stereocenters. The highest BCUT2D eigenvalue weighted by Crippen LogP contribution is 2.47. The van der Waals surface area contributed by atoms with Crippen molar-refractivity contribution in [3.8, 4) is 6.07 Å².